The van der Waals surface area contributed by atoms with Gasteiger partial charge in [0.1, 0.15) is 0 Å². The van der Waals surface area contributed by atoms with E-state index in [1.165, 1.54) is 13.0 Å². The number of carbonyl (C=O) groups excluding carboxylic acids is 1. The molecule has 0 spiro atoms. The van der Waals surface area contributed by atoms with E-state index in [1.807, 2.05) is 45.9 Å². The maximum atomic E-state index is 10.5. The molecule has 84 valence electrons. The van der Waals surface area contributed by atoms with Crippen LogP contribution >= 0.6 is 0 Å². The van der Waals surface area contributed by atoms with Crippen molar-refractivity contribution in [3.63, 3.8) is 0 Å². The molecule has 0 bridgehead atoms. The molecule has 1 aromatic rings. The quantitative estimate of drug-likeness (QED) is 0.691. The lowest BCUT2D eigenvalue weighted by molar-refractivity contribution is -0.112. The number of rotatable bonds is 2. The van der Waals surface area contributed by atoms with Crippen molar-refractivity contribution in [3.8, 4) is 0 Å². The highest BCUT2D eigenvalue weighted by Gasteiger charge is 1.85. The molecule has 0 aliphatic carbocycles. The van der Waals surface area contributed by atoms with Crippen LogP contribution in [-0.4, -0.2) is 10.8 Å². The Bertz CT molecular complexity index is 265. The standard InChI is InChI=1S/C9H9NO.2C2H6/c1-8(11)5-6-9-4-2-3-7-10-9;2*1-2/h2-7H,1H3;2*1-2H3/b6-5+;;. The summed E-state index contributed by atoms with van der Waals surface area (Å²) in [6.45, 7) is 9.51. The number of carbonyl (C=O) groups is 1. The Labute approximate surface area is 93.1 Å². The van der Waals surface area contributed by atoms with Crippen molar-refractivity contribution in [1.29, 1.82) is 0 Å². The molecular weight excluding hydrogens is 186 g/mol. The maximum Gasteiger partial charge on any atom is 0.152 e. The van der Waals surface area contributed by atoms with Gasteiger partial charge in [-0.1, -0.05) is 33.8 Å². The molecule has 1 rings (SSSR count). The highest BCUT2D eigenvalue weighted by atomic mass is 16.1. The van der Waals surface area contributed by atoms with Gasteiger partial charge in [0.15, 0.2) is 5.78 Å². The van der Waals surface area contributed by atoms with Gasteiger partial charge in [0.2, 0.25) is 0 Å². The van der Waals surface area contributed by atoms with Crippen LogP contribution in [0.15, 0.2) is 30.5 Å². The van der Waals surface area contributed by atoms with E-state index in [-0.39, 0.29) is 5.78 Å². The predicted molar refractivity (Wildman–Crippen MR) is 66.6 cm³/mol. The molecule has 0 fully saturated rings. The van der Waals surface area contributed by atoms with Crippen LogP contribution in [0.3, 0.4) is 0 Å². The molecule has 2 nitrogen and oxygen atoms in total. The SMILES string of the molecule is CC.CC.CC(=O)/C=C/c1ccccn1. The maximum absolute atomic E-state index is 10.5. The third-order valence-corrected chi connectivity index (χ3v) is 1.18. The minimum absolute atomic E-state index is 0.0376. The van der Waals surface area contributed by atoms with E-state index in [4.69, 9.17) is 0 Å². The van der Waals surface area contributed by atoms with Crippen LogP contribution in [0.2, 0.25) is 0 Å². The number of pyridine rings is 1. The van der Waals surface area contributed by atoms with Crippen LogP contribution < -0.4 is 0 Å². The molecule has 0 aliphatic rings. The smallest absolute Gasteiger partial charge is 0.152 e. The van der Waals surface area contributed by atoms with Gasteiger partial charge in [-0.3, -0.25) is 9.78 Å². The second-order valence-corrected chi connectivity index (χ2v) is 2.20. The second kappa shape index (κ2) is 12.6. The van der Waals surface area contributed by atoms with Crippen LogP contribution in [0, 0.1) is 0 Å². The van der Waals surface area contributed by atoms with Crippen LogP contribution in [0.1, 0.15) is 40.3 Å². The second-order valence-electron chi connectivity index (χ2n) is 2.20. The topological polar surface area (TPSA) is 30.0 Å². The summed E-state index contributed by atoms with van der Waals surface area (Å²) in [5, 5.41) is 0. The van der Waals surface area contributed by atoms with Gasteiger partial charge in [0.25, 0.3) is 0 Å². The van der Waals surface area contributed by atoms with Crippen LogP contribution in [-0.2, 0) is 4.79 Å². The molecule has 0 radical (unpaired) electrons. The Balaban J connectivity index is 0. The highest BCUT2D eigenvalue weighted by Crippen LogP contribution is 1.95. The summed E-state index contributed by atoms with van der Waals surface area (Å²) in [5.74, 6) is 0.0376. The molecule has 0 unspecified atom stereocenters. The first-order valence-corrected chi connectivity index (χ1v) is 5.39. The summed E-state index contributed by atoms with van der Waals surface area (Å²) in [7, 11) is 0. The van der Waals surface area contributed by atoms with Gasteiger partial charge in [-0.15, -0.1) is 0 Å². The lowest BCUT2D eigenvalue weighted by Crippen LogP contribution is -1.81. The zero-order valence-corrected chi connectivity index (χ0v) is 10.3. The minimum Gasteiger partial charge on any atom is -0.295 e. The lowest BCUT2D eigenvalue weighted by Gasteiger charge is -1.87. The molecule has 0 aromatic carbocycles. The van der Waals surface area contributed by atoms with E-state index in [2.05, 4.69) is 4.98 Å². The summed E-state index contributed by atoms with van der Waals surface area (Å²) >= 11 is 0. The molecule has 1 aromatic heterocycles. The summed E-state index contributed by atoms with van der Waals surface area (Å²) in [4.78, 5) is 14.5. The molecule has 0 N–H and O–H groups in total. The number of ketones is 1. The van der Waals surface area contributed by atoms with Gasteiger partial charge in [0.05, 0.1) is 5.69 Å². The summed E-state index contributed by atoms with van der Waals surface area (Å²) in [5.41, 5.74) is 0.808. The van der Waals surface area contributed by atoms with Crippen LogP contribution in [0.4, 0.5) is 0 Å². The molecule has 0 amide bonds. The fourth-order valence-electron chi connectivity index (χ4n) is 0.677. The van der Waals surface area contributed by atoms with E-state index in [9.17, 15) is 4.79 Å². The Hall–Kier alpha value is -1.44. The average Bonchev–Trinajstić information content (AvgIpc) is 2.33. The van der Waals surface area contributed by atoms with Crippen LogP contribution in [0.25, 0.3) is 6.08 Å². The van der Waals surface area contributed by atoms with Gasteiger partial charge in [-0.25, -0.2) is 0 Å². The van der Waals surface area contributed by atoms with Gasteiger partial charge in [-0.05, 0) is 31.2 Å². The largest absolute Gasteiger partial charge is 0.295 e. The lowest BCUT2D eigenvalue weighted by atomic mass is 10.3. The zero-order chi connectivity index (χ0) is 12.1. The molecular formula is C13H21NO. The predicted octanol–water partition coefficient (Wildman–Crippen LogP) is 3.74. The minimum atomic E-state index is 0.0376. The van der Waals surface area contributed by atoms with E-state index in [0.717, 1.165) is 5.69 Å². The molecule has 15 heavy (non-hydrogen) atoms. The van der Waals surface area contributed by atoms with Gasteiger partial charge in [0, 0.05) is 6.20 Å². The van der Waals surface area contributed by atoms with E-state index in [0.29, 0.717) is 0 Å². The molecule has 0 saturated heterocycles. The number of nitrogens with zero attached hydrogens (tertiary/aromatic N) is 1. The van der Waals surface area contributed by atoms with Crippen molar-refractivity contribution >= 4 is 11.9 Å². The Morgan fingerprint density at radius 3 is 2.20 bits per heavy atom. The van der Waals surface area contributed by atoms with Gasteiger partial charge < -0.3 is 0 Å². The fourth-order valence-corrected chi connectivity index (χ4v) is 0.677. The molecule has 0 saturated carbocycles. The molecule has 0 atom stereocenters. The third kappa shape index (κ3) is 10.5. The average molecular weight is 207 g/mol. The summed E-state index contributed by atoms with van der Waals surface area (Å²) in [6, 6.07) is 5.57. The Morgan fingerprint density at radius 1 is 1.20 bits per heavy atom. The van der Waals surface area contributed by atoms with Crippen molar-refractivity contribution in [2.24, 2.45) is 0 Å². The van der Waals surface area contributed by atoms with Crippen molar-refractivity contribution in [2.75, 3.05) is 0 Å². The van der Waals surface area contributed by atoms with E-state index < -0.39 is 0 Å². The monoisotopic (exact) mass is 207 g/mol. The molecule has 2 heteroatoms. The Morgan fingerprint density at radius 2 is 1.80 bits per heavy atom. The van der Waals surface area contributed by atoms with Crippen molar-refractivity contribution in [2.45, 2.75) is 34.6 Å². The highest BCUT2D eigenvalue weighted by molar-refractivity contribution is 5.91. The third-order valence-electron chi connectivity index (χ3n) is 1.18. The zero-order valence-electron chi connectivity index (χ0n) is 10.3. The van der Waals surface area contributed by atoms with E-state index in [1.54, 1.807) is 12.3 Å². The summed E-state index contributed by atoms with van der Waals surface area (Å²) in [6.07, 6.45) is 4.89. The first kappa shape index (κ1) is 16.0. The number of allylic oxidation sites excluding steroid dienone is 1. The molecule has 1 heterocycles. The van der Waals surface area contributed by atoms with Gasteiger partial charge in [-0.2, -0.15) is 0 Å². The van der Waals surface area contributed by atoms with Gasteiger partial charge >= 0.3 is 0 Å². The molecule has 0 aliphatic heterocycles. The van der Waals surface area contributed by atoms with Crippen LogP contribution in [0.5, 0.6) is 0 Å². The van der Waals surface area contributed by atoms with Crippen molar-refractivity contribution in [1.82, 2.24) is 4.98 Å². The Kier molecular flexibility index (Phi) is 13.4. The van der Waals surface area contributed by atoms with Crippen molar-refractivity contribution in [3.05, 3.63) is 36.2 Å². The number of hydrogen-bond donors (Lipinski definition) is 0. The number of aromatic nitrogens is 1. The van der Waals surface area contributed by atoms with Crippen molar-refractivity contribution < 1.29 is 4.79 Å². The first-order valence-electron chi connectivity index (χ1n) is 5.39. The number of hydrogen-bond acceptors (Lipinski definition) is 2. The normalized spacial score (nSPS) is 8.33. The fraction of sp³-hybridized carbons (Fsp3) is 0.385. The van der Waals surface area contributed by atoms with E-state index >= 15 is 0 Å². The summed E-state index contributed by atoms with van der Waals surface area (Å²) < 4.78 is 0. The first-order chi connectivity index (χ1) is 7.29.